The largest absolute Gasteiger partial charge is 0.311 e. The summed E-state index contributed by atoms with van der Waals surface area (Å²) in [5.74, 6) is 0.757. The first kappa shape index (κ1) is 16.7. The minimum atomic E-state index is 0.0258. The van der Waals surface area contributed by atoms with Crippen LogP contribution in [0.4, 0.5) is 5.82 Å². The Bertz CT molecular complexity index is 624. The maximum absolute atomic E-state index is 12.0. The van der Waals surface area contributed by atoms with Crippen molar-refractivity contribution in [2.45, 2.75) is 19.4 Å². The molecule has 118 valence electrons. The van der Waals surface area contributed by atoms with Crippen LogP contribution in [-0.4, -0.2) is 41.2 Å². The zero-order chi connectivity index (χ0) is 15.9. The van der Waals surface area contributed by atoms with Crippen LogP contribution in [0.5, 0.6) is 0 Å². The van der Waals surface area contributed by atoms with Crippen LogP contribution in [0.25, 0.3) is 0 Å². The van der Waals surface area contributed by atoms with Gasteiger partial charge in [0.15, 0.2) is 0 Å². The molecule has 1 aromatic heterocycles. The van der Waals surface area contributed by atoms with Crippen molar-refractivity contribution >= 4 is 27.7 Å². The predicted molar refractivity (Wildman–Crippen MR) is 91.9 cm³/mol. The number of amides is 1. The molecule has 2 rings (SSSR count). The summed E-state index contributed by atoms with van der Waals surface area (Å²) in [6, 6.07) is 9.88. The fourth-order valence-corrected chi connectivity index (χ4v) is 2.58. The van der Waals surface area contributed by atoms with E-state index >= 15 is 0 Å². The smallest absolute Gasteiger partial charge is 0.225 e. The lowest BCUT2D eigenvalue weighted by atomic mass is 10.2. The molecule has 1 N–H and O–H groups in total. The molecule has 1 aromatic carbocycles. The number of nitrogens with zero attached hydrogens (tertiary/aromatic N) is 3. The Kier molecular flexibility index (Phi) is 6.15. The van der Waals surface area contributed by atoms with Gasteiger partial charge < -0.3 is 10.2 Å². The molecule has 1 heterocycles. The van der Waals surface area contributed by atoms with Gasteiger partial charge in [0.1, 0.15) is 5.82 Å². The highest BCUT2D eigenvalue weighted by molar-refractivity contribution is 9.10. The van der Waals surface area contributed by atoms with Crippen LogP contribution in [0.3, 0.4) is 0 Å². The van der Waals surface area contributed by atoms with Gasteiger partial charge in [-0.3, -0.25) is 4.79 Å². The zero-order valence-corrected chi connectivity index (χ0v) is 14.5. The Balaban J connectivity index is 1.93. The summed E-state index contributed by atoms with van der Waals surface area (Å²) in [6.45, 7) is 1.53. The van der Waals surface area contributed by atoms with Gasteiger partial charge in [-0.15, -0.1) is 0 Å². The summed E-state index contributed by atoms with van der Waals surface area (Å²) in [5, 5.41) is 7.21. The highest BCUT2D eigenvalue weighted by Gasteiger charge is 2.08. The highest BCUT2D eigenvalue weighted by Crippen LogP contribution is 2.15. The van der Waals surface area contributed by atoms with Crippen LogP contribution in [0.1, 0.15) is 18.4 Å². The normalized spacial score (nSPS) is 10.9. The first-order chi connectivity index (χ1) is 10.5. The third kappa shape index (κ3) is 5.27. The average Bonchev–Trinajstić information content (AvgIpc) is 2.85. The molecule has 6 heteroatoms. The van der Waals surface area contributed by atoms with E-state index in [4.69, 9.17) is 0 Å². The number of hydrogen-bond donors (Lipinski definition) is 1. The summed E-state index contributed by atoms with van der Waals surface area (Å²) >= 11 is 3.46. The Morgan fingerprint density at radius 2 is 2.18 bits per heavy atom. The lowest BCUT2D eigenvalue weighted by Crippen LogP contribution is -2.19. The van der Waals surface area contributed by atoms with E-state index in [-0.39, 0.29) is 5.91 Å². The van der Waals surface area contributed by atoms with Crippen molar-refractivity contribution in [3.8, 4) is 0 Å². The van der Waals surface area contributed by atoms with E-state index in [9.17, 15) is 4.79 Å². The minimum absolute atomic E-state index is 0.0258. The second-order valence-corrected chi connectivity index (χ2v) is 6.37. The fourth-order valence-electron chi connectivity index (χ4n) is 2.13. The second-order valence-electron chi connectivity index (χ2n) is 5.46. The van der Waals surface area contributed by atoms with Crippen molar-refractivity contribution in [2.24, 2.45) is 0 Å². The van der Waals surface area contributed by atoms with E-state index in [2.05, 4.69) is 31.2 Å². The van der Waals surface area contributed by atoms with Crippen LogP contribution in [-0.2, 0) is 11.3 Å². The molecule has 0 atom stereocenters. The first-order valence-electron chi connectivity index (χ1n) is 7.25. The third-order valence-corrected chi connectivity index (χ3v) is 3.71. The van der Waals surface area contributed by atoms with E-state index in [1.54, 1.807) is 10.9 Å². The zero-order valence-electron chi connectivity index (χ0n) is 12.9. The van der Waals surface area contributed by atoms with Gasteiger partial charge in [-0.1, -0.05) is 28.1 Å². The van der Waals surface area contributed by atoms with Crippen LogP contribution in [0, 0.1) is 0 Å². The number of hydrogen-bond acceptors (Lipinski definition) is 3. The molecular formula is C16H21BrN4O. The Morgan fingerprint density at radius 1 is 1.36 bits per heavy atom. The molecule has 5 nitrogen and oxygen atoms in total. The van der Waals surface area contributed by atoms with Crippen molar-refractivity contribution in [3.05, 3.63) is 46.6 Å². The molecule has 1 amide bonds. The van der Waals surface area contributed by atoms with Gasteiger partial charge in [-0.2, -0.15) is 5.10 Å². The SMILES string of the molecule is CN(C)CCCC(=O)Nc1ccnn1Cc1cccc(Br)c1. The number of carbonyl (C=O) groups is 1. The summed E-state index contributed by atoms with van der Waals surface area (Å²) < 4.78 is 2.83. The van der Waals surface area contributed by atoms with Gasteiger partial charge in [0.2, 0.25) is 5.91 Å². The monoisotopic (exact) mass is 364 g/mol. The Hall–Kier alpha value is -1.66. The number of carbonyl (C=O) groups excluding carboxylic acids is 1. The average molecular weight is 365 g/mol. The molecule has 0 bridgehead atoms. The molecule has 0 saturated carbocycles. The van der Waals surface area contributed by atoms with Crippen LogP contribution in [0.2, 0.25) is 0 Å². The van der Waals surface area contributed by atoms with Gasteiger partial charge >= 0.3 is 0 Å². The van der Waals surface area contributed by atoms with E-state index in [1.807, 2.05) is 44.4 Å². The standard InChI is InChI=1S/C16H21BrN4O/c1-20(2)10-4-7-16(22)19-15-8-9-18-21(15)12-13-5-3-6-14(17)11-13/h3,5-6,8-9,11H,4,7,10,12H2,1-2H3,(H,19,22). The van der Waals surface area contributed by atoms with Gasteiger partial charge in [0, 0.05) is 17.0 Å². The van der Waals surface area contributed by atoms with Crippen molar-refractivity contribution in [1.82, 2.24) is 14.7 Å². The lowest BCUT2D eigenvalue weighted by Gasteiger charge is -2.11. The Morgan fingerprint density at radius 3 is 2.91 bits per heavy atom. The van der Waals surface area contributed by atoms with E-state index < -0.39 is 0 Å². The van der Waals surface area contributed by atoms with Crippen molar-refractivity contribution in [2.75, 3.05) is 26.0 Å². The maximum atomic E-state index is 12.0. The molecule has 0 aliphatic heterocycles. The van der Waals surface area contributed by atoms with Crippen molar-refractivity contribution in [1.29, 1.82) is 0 Å². The van der Waals surface area contributed by atoms with Crippen molar-refractivity contribution < 1.29 is 4.79 Å². The Labute approximate surface area is 139 Å². The summed E-state index contributed by atoms with van der Waals surface area (Å²) in [6.07, 6.45) is 3.06. The minimum Gasteiger partial charge on any atom is -0.311 e. The predicted octanol–water partition coefficient (Wildman–Crippen LogP) is 2.97. The topological polar surface area (TPSA) is 50.2 Å². The number of aromatic nitrogens is 2. The van der Waals surface area contributed by atoms with Crippen LogP contribution < -0.4 is 5.32 Å². The fraction of sp³-hybridized carbons (Fsp3) is 0.375. The molecule has 0 spiro atoms. The van der Waals surface area contributed by atoms with Gasteiger partial charge in [-0.05, 0) is 44.8 Å². The molecule has 0 fully saturated rings. The molecule has 0 aliphatic rings. The number of benzene rings is 1. The summed E-state index contributed by atoms with van der Waals surface area (Å²) in [7, 11) is 4.01. The molecule has 22 heavy (non-hydrogen) atoms. The molecule has 2 aromatic rings. The van der Waals surface area contributed by atoms with Gasteiger partial charge in [-0.25, -0.2) is 4.68 Å². The maximum Gasteiger partial charge on any atom is 0.225 e. The highest BCUT2D eigenvalue weighted by atomic mass is 79.9. The summed E-state index contributed by atoms with van der Waals surface area (Å²) in [5.41, 5.74) is 1.13. The van der Waals surface area contributed by atoms with Crippen LogP contribution in [0.15, 0.2) is 41.0 Å². The third-order valence-electron chi connectivity index (χ3n) is 3.21. The van der Waals surface area contributed by atoms with E-state index in [1.165, 1.54) is 0 Å². The van der Waals surface area contributed by atoms with Crippen molar-refractivity contribution in [3.63, 3.8) is 0 Å². The van der Waals surface area contributed by atoms with Gasteiger partial charge in [0.25, 0.3) is 0 Å². The lowest BCUT2D eigenvalue weighted by molar-refractivity contribution is -0.116. The molecule has 0 aliphatic carbocycles. The molecule has 0 unspecified atom stereocenters. The quantitative estimate of drug-likeness (QED) is 0.821. The van der Waals surface area contributed by atoms with Crippen LogP contribution >= 0.6 is 15.9 Å². The second kappa shape index (κ2) is 8.10. The number of halogens is 1. The number of anilines is 1. The molecular weight excluding hydrogens is 344 g/mol. The van der Waals surface area contributed by atoms with E-state index in [0.717, 1.165) is 28.8 Å². The number of nitrogens with one attached hydrogen (secondary N) is 1. The molecule has 0 radical (unpaired) electrons. The molecule has 0 saturated heterocycles. The first-order valence-corrected chi connectivity index (χ1v) is 8.05. The number of rotatable bonds is 7. The van der Waals surface area contributed by atoms with Gasteiger partial charge in [0.05, 0.1) is 12.7 Å². The summed E-state index contributed by atoms with van der Waals surface area (Å²) in [4.78, 5) is 14.0. The van der Waals surface area contributed by atoms with E-state index in [0.29, 0.717) is 13.0 Å².